The van der Waals surface area contributed by atoms with Gasteiger partial charge in [-0.15, -0.1) is 0 Å². The molecule has 1 N–H and O–H groups in total. The predicted octanol–water partition coefficient (Wildman–Crippen LogP) is 4.63. The third-order valence-electron chi connectivity index (χ3n) is 6.33. The fraction of sp³-hybridized carbons (Fsp3) is 0.417. The summed E-state index contributed by atoms with van der Waals surface area (Å²) in [7, 11) is 0. The van der Waals surface area contributed by atoms with Gasteiger partial charge in [-0.3, -0.25) is 4.98 Å². The van der Waals surface area contributed by atoms with Crippen LogP contribution < -0.4 is 0 Å². The molecule has 1 aliphatic heterocycles. The van der Waals surface area contributed by atoms with Gasteiger partial charge in [0.15, 0.2) is 0 Å². The highest BCUT2D eigenvalue weighted by Gasteiger charge is 2.26. The quantitative estimate of drug-likeness (QED) is 0.666. The van der Waals surface area contributed by atoms with Crippen molar-refractivity contribution in [2.24, 2.45) is 5.92 Å². The molecule has 1 aromatic carbocycles. The summed E-state index contributed by atoms with van der Waals surface area (Å²) in [6, 6.07) is 10.3. The van der Waals surface area contributed by atoms with Crippen LogP contribution in [0.1, 0.15) is 58.8 Å². The first-order valence-electron chi connectivity index (χ1n) is 10.6. The first-order valence-corrected chi connectivity index (χ1v) is 10.6. The molecule has 5 heteroatoms. The summed E-state index contributed by atoms with van der Waals surface area (Å²) in [5.41, 5.74) is 4.38. The van der Waals surface area contributed by atoms with Crippen LogP contribution in [0.4, 0.5) is 0 Å². The second-order valence-electron chi connectivity index (χ2n) is 8.39. The molecule has 1 saturated heterocycles. The lowest BCUT2D eigenvalue weighted by atomic mass is 9.99. The van der Waals surface area contributed by atoms with Crippen molar-refractivity contribution >= 4 is 16.9 Å². The summed E-state index contributed by atoms with van der Waals surface area (Å²) in [5, 5.41) is 10.9. The van der Waals surface area contributed by atoms with Gasteiger partial charge < -0.3 is 14.4 Å². The molecule has 0 amide bonds. The minimum atomic E-state index is -0.890. The monoisotopic (exact) mass is 390 g/mol. The highest BCUT2D eigenvalue weighted by Crippen LogP contribution is 2.40. The van der Waals surface area contributed by atoms with Gasteiger partial charge in [-0.2, -0.15) is 0 Å². The van der Waals surface area contributed by atoms with Crippen LogP contribution in [0.25, 0.3) is 10.9 Å². The number of benzene rings is 1. The van der Waals surface area contributed by atoms with Crippen molar-refractivity contribution in [1.82, 2.24) is 9.55 Å². The predicted molar refractivity (Wildman–Crippen MR) is 111 cm³/mol. The number of aromatic carboxylic acids is 1. The van der Waals surface area contributed by atoms with Gasteiger partial charge in [-0.05, 0) is 66.8 Å². The van der Waals surface area contributed by atoms with Crippen LogP contribution in [0.5, 0.6) is 0 Å². The van der Waals surface area contributed by atoms with E-state index in [1.54, 1.807) is 0 Å². The van der Waals surface area contributed by atoms with Gasteiger partial charge in [0.2, 0.25) is 0 Å². The number of pyridine rings is 1. The molecule has 3 aromatic rings. The highest BCUT2D eigenvalue weighted by atomic mass is 16.5. The Balaban J connectivity index is 1.44. The maximum absolute atomic E-state index is 11.8. The van der Waals surface area contributed by atoms with Gasteiger partial charge in [-0.1, -0.05) is 12.1 Å². The minimum absolute atomic E-state index is 0.341. The number of carbonyl (C=O) groups is 1. The highest BCUT2D eigenvalue weighted by molar-refractivity contribution is 5.90. The SMILES string of the molecule is O=C(O)c1cc(C2CC2)cnc1Cc1cccc2c1ccn2CC1CCOCC1. The summed E-state index contributed by atoms with van der Waals surface area (Å²) in [5.74, 6) is 0.259. The van der Waals surface area contributed by atoms with Crippen molar-refractivity contribution in [3.05, 3.63) is 65.1 Å². The molecule has 2 fully saturated rings. The summed E-state index contributed by atoms with van der Waals surface area (Å²) in [6.07, 6.45) is 9.06. The average Bonchev–Trinajstić information content (AvgIpc) is 3.51. The summed E-state index contributed by atoms with van der Waals surface area (Å²) in [4.78, 5) is 16.4. The standard InChI is InChI=1S/C24H26N2O3/c27-24(28)21-12-19(17-4-5-17)14-25-22(21)13-18-2-1-3-23-20(18)6-9-26(23)15-16-7-10-29-11-8-16/h1-3,6,9,12,14,16-17H,4-5,7-8,10-11,13,15H2,(H,27,28). The van der Waals surface area contributed by atoms with E-state index < -0.39 is 5.97 Å². The molecule has 0 unspecified atom stereocenters. The summed E-state index contributed by atoms with van der Waals surface area (Å²) in [6.45, 7) is 2.72. The summed E-state index contributed by atoms with van der Waals surface area (Å²) < 4.78 is 7.82. The van der Waals surface area contributed by atoms with Gasteiger partial charge in [0.1, 0.15) is 0 Å². The van der Waals surface area contributed by atoms with Crippen LogP contribution in [0.3, 0.4) is 0 Å². The van der Waals surface area contributed by atoms with Crippen LogP contribution in [0.15, 0.2) is 42.7 Å². The Hall–Kier alpha value is -2.66. The van der Waals surface area contributed by atoms with Crippen LogP contribution in [-0.4, -0.2) is 33.8 Å². The first-order chi connectivity index (χ1) is 14.2. The fourth-order valence-electron chi connectivity index (χ4n) is 4.46. The molecule has 0 atom stereocenters. The largest absolute Gasteiger partial charge is 0.478 e. The van der Waals surface area contributed by atoms with Gasteiger partial charge in [0, 0.05) is 49.5 Å². The van der Waals surface area contributed by atoms with Gasteiger partial charge in [0.25, 0.3) is 0 Å². The van der Waals surface area contributed by atoms with Gasteiger partial charge in [-0.25, -0.2) is 4.79 Å². The van der Waals surface area contributed by atoms with Crippen LogP contribution in [0, 0.1) is 5.92 Å². The van der Waals surface area contributed by atoms with Crippen molar-refractivity contribution in [3.8, 4) is 0 Å². The average molecular weight is 390 g/mol. The number of nitrogens with zero attached hydrogens (tertiary/aromatic N) is 2. The van der Waals surface area contributed by atoms with Gasteiger partial charge >= 0.3 is 5.97 Å². The van der Waals surface area contributed by atoms with Crippen molar-refractivity contribution in [1.29, 1.82) is 0 Å². The molecule has 0 radical (unpaired) electrons. The maximum atomic E-state index is 11.8. The zero-order chi connectivity index (χ0) is 19.8. The topological polar surface area (TPSA) is 64.3 Å². The van der Waals surface area contributed by atoms with E-state index in [9.17, 15) is 9.90 Å². The first kappa shape index (κ1) is 18.4. The Morgan fingerprint density at radius 2 is 2.00 bits per heavy atom. The van der Waals surface area contributed by atoms with E-state index in [1.165, 1.54) is 10.9 Å². The molecule has 5 rings (SSSR count). The maximum Gasteiger partial charge on any atom is 0.337 e. The molecular weight excluding hydrogens is 364 g/mol. The number of carboxylic acids is 1. The van der Waals surface area contributed by atoms with E-state index in [-0.39, 0.29) is 0 Å². The second kappa shape index (κ2) is 7.64. The molecule has 1 aliphatic carbocycles. The molecule has 2 aliphatic rings. The molecule has 29 heavy (non-hydrogen) atoms. The Bertz CT molecular complexity index is 1050. The van der Waals surface area contributed by atoms with E-state index in [2.05, 4.69) is 40.0 Å². The van der Waals surface area contributed by atoms with E-state index in [4.69, 9.17) is 4.74 Å². The van der Waals surface area contributed by atoms with Crippen LogP contribution >= 0.6 is 0 Å². The Morgan fingerprint density at radius 1 is 1.17 bits per heavy atom. The Kier molecular flexibility index (Phi) is 4.84. The van der Waals surface area contributed by atoms with E-state index in [1.807, 2.05) is 12.3 Å². The number of fused-ring (bicyclic) bond motifs is 1. The number of hydrogen-bond donors (Lipinski definition) is 1. The number of rotatable bonds is 6. The molecule has 5 nitrogen and oxygen atoms in total. The Morgan fingerprint density at radius 3 is 2.76 bits per heavy atom. The lowest BCUT2D eigenvalue weighted by Gasteiger charge is -2.22. The summed E-state index contributed by atoms with van der Waals surface area (Å²) >= 11 is 0. The molecular formula is C24H26N2O3. The molecule has 1 saturated carbocycles. The number of ether oxygens (including phenoxy) is 1. The zero-order valence-electron chi connectivity index (χ0n) is 16.5. The third kappa shape index (κ3) is 3.79. The fourth-order valence-corrected chi connectivity index (χ4v) is 4.46. The van der Waals surface area contributed by atoms with Crippen molar-refractivity contribution < 1.29 is 14.6 Å². The number of hydrogen-bond acceptors (Lipinski definition) is 3. The number of aromatic nitrogens is 2. The van der Waals surface area contributed by atoms with Gasteiger partial charge in [0.05, 0.1) is 11.3 Å². The lowest BCUT2D eigenvalue weighted by Crippen LogP contribution is -2.20. The number of carboxylic acid groups (broad SMARTS) is 1. The molecule has 0 spiro atoms. The van der Waals surface area contributed by atoms with Crippen LogP contribution in [0.2, 0.25) is 0 Å². The van der Waals surface area contributed by atoms with Crippen LogP contribution in [-0.2, 0) is 17.7 Å². The minimum Gasteiger partial charge on any atom is -0.478 e. The van der Waals surface area contributed by atoms with E-state index in [0.29, 0.717) is 29.5 Å². The van der Waals surface area contributed by atoms with E-state index >= 15 is 0 Å². The van der Waals surface area contributed by atoms with E-state index in [0.717, 1.165) is 56.6 Å². The molecule has 0 bridgehead atoms. The molecule has 3 heterocycles. The third-order valence-corrected chi connectivity index (χ3v) is 6.33. The normalized spacial score (nSPS) is 17.7. The second-order valence-corrected chi connectivity index (χ2v) is 8.39. The Labute approximate surface area is 170 Å². The zero-order valence-corrected chi connectivity index (χ0v) is 16.5. The van der Waals surface area contributed by atoms with Crippen molar-refractivity contribution in [2.45, 2.75) is 44.6 Å². The smallest absolute Gasteiger partial charge is 0.337 e. The van der Waals surface area contributed by atoms with Crippen molar-refractivity contribution in [2.75, 3.05) is 13.2 Å². The molecule has 2 aromatic heterocycles. The lowest BCUT2D eigenvalue weighted by molar-refractivity contribution is 0.0616. The molecule has 150 valence electrons. The van der Waals surface area contributed by atoms with Crippen molar-refractivity contribution in [3.63, 3.8) is 0 Å².